The maximum Gasteiger partial charge on any atom is 0.310 e. The second-order valence-corrected chi connectivity index (χ2v) is 4.43. The first-order valence-corrected chi connectivity index (χ1v) is 6.04. The number of nitrogens with one attached hydrogen (secondary N) is 1. The number of aliphatic carboxylic acids is 1. The van der Waals surface area contributed by atoms with Crippen LogP contribution in [0.2, 0.25) is 0 Å². The molecule has 2 rings (SSSR count). The summed E-state index contributed by atoms with van der Waals surface area (Å²) in [7, 11) is 0. The lowest BCUT2D eigenvalue weighted by Crippen LogP contribution is -2.33. The standard InChI is InChI=1S/C12H16N4O3/c13-3-4-16-6-10(14-7-16)11(17)15-9-2-1-8(5-9)12(18)19/h1-2,6-9H,3-5,13H2,(H,15,17)(H,18,19). The number of hydrogen-bond donors (Lipinski definition) is 3. The highest BCUT2D eigenvalue weighted by Crippen LogP contribution is 2.18. The number of carboxylic acids is 1. The number of rotatable bonds is 5. The van der Waals surface area contributed by atoms with Gasteiger partial charge in [-0.3, -0.25) is 9.59 Å². The number of nitrogens with two attached hydrogens (primary N) is 1. The van der Waals surface area contributed by atoms with Crippen molar-refractivity contribution in [2.75, 3.05) is 6.54 Å². The largest absolute Gasteiger partial charge is 0.481 e. The van der Waals surface area contributed by atoms with E-state index in [1.54, 1.807) is 29.2 Å². The molecule has 0 aromatic carbocycles. The van der Waals surface area contributed by atoms with E-state index < -0.39 is 11.9 Å². The molecule has 2 unspecified atom stereocenters. The number of imidazole rings is 1. The number of carbonyl (C=O) groups is 2. The first-order valence-electron chi connectivity index (χ1n) is 6.04. The summed E-state index contributed by atoms with van der Waals surface area (Å²) in [5.41, 5.74) is 5.71. The molecule has 1 amide bonds. The van der Waals surface area contributed by atoms with Gasteiger partial charge in [-0.1, -0.05) is 12.2 Å². The van der Waals surface area contributed by atoms with E-state index in [0.717, 1.165) is 0 Å². The molecule has 4 N–H and O–H groups in total. The van der Waals surface area contributed by atoms with Crippen molar-refractivity contribution in [2.45, 2.75) is 19.0 Å². The van der Waals surface area contributed by atoms with Gasteiger partial charge in [0.2, 0.25) is 0 Å². The van der Waals surface area contributed by atoms with Crippen LogP contribution in [0.25, 0.3) is 0 Å². The average Bonchev–Trinajstić information content (AvgIpc) is 2.98. The molecule has 1 aromatic rings. The molecule has 1 aromatic heterocycles. The van der Waals surface area contributed by atoms with Crippen molar-refractivity contribution in [1.82, 2.24) is 14.9 Å². The summed E-state index contributed by atoms with van der Waals surface area (Å²) in [4.78, 5) is 26.7. The lowest BCUT2D eigenvalue weighted by atomic mass is 10.1. The number of amides is 1. The van der Waals surface area contributed by atoms with Gasteiger partial charge in [0, 0.05) is 25.3 Å². The van der Waals surface area contributed by atoms with Crippen LogP contribution in [0.3, 0.4) is 0 Å². The van der Waals surface area contributed by atoms with Crippen molar-refractivity contribution in [3.05, 3.63) is 30.4 Å². The Labute approximate surface area is 110 Å². The summed E-state index contributed by atoms with van der Waals surface area (Å²) >= 11 is 0. The molecule has 1 aliphatic rings. The third kappa shape index (κ3) is 3.19. The monoisotopic (exact) mass is 264 g/mol. The Bertz CT molecular complexity index is 509. The van der Waals surface area contributed by atoms with E-state index in [9.17, 15) is 9.59 Å². The summed E-state index contributed by atoms with van der Waals surface area (Å²) < 4.78 is 1.74. The lowest BCUT2D eigenvalue weighted by Gasteiger charge is -2.10. The third-order valence-electron chi connectivity index (χ3n) is 2.97. The molecule has 102 valence electrons. The Hall–Kier alpha value is -2.15. The molecule has 0 radical (unpaired) electrons. The number of aromatic nitrogens is 2. The Balaban J connectivity index is 1.91. The fraction of sp³-hybridized carbons (Fsp3) is 0.417. The van der Waals surface area contributed by atoms with E-state index in [-0.39, 0.29) is 11.9 Å². The maximum absolute atomic E-state index is 11.9. The van der Waals surface area contributed by atoms with Crippen LogP contribution in [-0.2, 0) is 11.3 Å². The predicted molar refractivity (Wildman–Crippen MR) is 67.4 cm³/mol. The molecular weight excluding hydrogens is 248 g/mol. The predicted octanol–water partition coefficient (Wildman–Crippen LogP) is -0.399. The van der Waals surface area contributed by atoms with Gasteiger partial charge in [0.15, 0.2) is 0 Å². The first kappa shape index (κ1) is 13.3. The highest BCUT2D eigenvalue weighted by Gasteiger charge is 2.26. The zero-order valence-corrected chi connectivity index (χ0v) is 10.3. The number of hydrogen-bond acceptors (Lipinski definition) is 4. The van der Waals surface area contributed by atoms with Crippen molar-refractivity contribution in [2.24, 2.45) is 11.7 Å². The summed E-state index contributed by atoms with van der Waals surface area (Å²) in [6, 6.07) is -0.256. The van der Waals surface area contributed by atoms with Crippen LogP contribution in [0.15, 0.2) is 24.7 Å². The summed E-state index contributed by atoms with van der Waals surface area (Å²) in [5, 5.41) is 11.6. The van der Waals surface area contributed by atoms with Crippen molar-refractivity contribution < 1.29 is 14.7 Å². The van der Waals surface area contributed by atoms with Gasteiger partial charge in [-0.15, -0.1) is 0 Å². The zero-order valence-electron chi connectivity index (χ0n) is 10.3. The fourth-order valence-electron chi connectivity index (χ4n) is 1.98. The van der Waals surface area contributed by atoms with E-state index in [4.69, 9.17) is 10.8 Å². The van der Waals surface area contributed by atoms with Gasteiger partial charge in [0.25, 0.3) is 5.91 Å². The smallest absolute Gasteiger partial charge is 0.310 e. The van der Waals surface area contributed by atoms with E-state index in [0.29, 0.717) is 25.2 Å². The molecule has 0 bridgehead atoms. The van der Waals surface area contributed by atoms with Crippen LogP contribution in [0.4, 0.5) is 0 Å². The Morgan fingerprint density at radius 2 is 2.32 bits per heavy atom. The summed E-state index contributed by atoms with van der Waals surface area (Å²) in [6.07, 6.45) is 6.85. The molecule has 0 fully saturated rings. The van der Waals surface area contributed by atoms with Crippen molar-refractivity contribution in [3.8, 4) is 0 Å². The minimum atomic E-state index is -0.875. The molecule has 0 saturated heterocycles. The second kappa shape index (κ2) is 5.66. The fourth-order valence-corrected chi connectivity index (χ4v) is 1.98. The lowest BCUT2D eigenvalue weighted by molar-refractivity contribution is -0.140. The van der Waals surface area contributed by atoms with E-state index in [1.807, 2.05) is 0 Å². The number of nitrogens with zero attached hydrogens (tertiary/aromatic N) is 2. The molecule has 7 nitrogen and oxygen atoms in total. The zero-order chi connectivity index (χ0) is 13.8. The normalized spacial score (nSPS) is 21.5. The van der Waals surface area contributed by atoms with Crippen LogP contribution >= 0.6 is 0 Å². The van der Waals surface area contributed by atoms with Gasteiger partial charge in [-0.25, -0.2) is 4.98 Å². The highest BCUT2D eigenvalue weighted by molar-refractivity contribution is 5.92. The average molecular weight is 264 g/mol. The Kier molecular flexibility index (Phi) is 3.96. The second-order valence-electron chi connectivity index (χ2n) is 4.43. The molecule has 2 atom stereocenters. The van der Waals surface area contributed by atoms with Crippen LogP contribution in [0, 0.1) is 5.92 Å². The van der Waals surface area contributed by atoms with Crippen molar-refractivity contribution >= 4 is 11.9 Å². The van der Waals surface area contributed by atoms with Gasteiger partial charge in [-0.05, 0) is 6.42 Å². The molecule has 7 heteroatoms. The minimum Gasteiger partial charge on any atom is -0.481 e. The maximum atomic E-state index is 11.9. The molecule has 0 saturated carbocycles. The molecule has 1 heterocycles. The van der Waals surface area contributed by atoms with E-state index in [2.05, 4.69) is 10.3 Å². The van der Waals surface area contributed by atoms with Gasteiger partial charge < -0.3 is 20.7 Å². The van der Waals surface area contributed by atoms with Crippen molar-refractivity contribution in [3.63, 3.8) is 0 Å². The van der Waals surface area contributed by atoms with Crippen LogP contribution in [-0.4, -0.2) is 39.1 Å². The third-order valence-corrected chi connectivity index (χ3v) is 2.97. The SMILES string of the molecule is NCCn1cnc(C(=O)NC2C=CC(C(=O)O)C2)c1. The van der Waals surface area contributed by atoms with Crippen LogP contribution < -0.4 is 11.1 Å². The Morgan fingerprint density at radius 3 is 2.95 bits per heavy atom. The Morgan fingerprint density at radius 1 is 1.53 bits per heavy atom. The molecule has 0 aliphatic heterocycles. The van der Waals surface area contributed by atoms with E-state index in [1.165, 1.54) is 0 Å². The van der Waals surface area contributed by atoms with Gasteiger partial charge in [0.05, 0.1) is 12.2 Å². The first-order chi connectivity index (χ1) is 9.10. The summed E-state index contributed by atoms with van der Waals surface area (Å²) in [5.74, 6) is -1.71. The van der Waals surface area contributed by atoms with Gasteiger partial charge >= 0.3 is 5.97 Å². The molecule has 0 spiro atoms. The van der Waals surface area contributed by atoms with Crippen molar-refractivity contribution in [1.29, 1.82) is 0 Å². The van der Waals surface area contributed by atoms with E-state index >= 15 is 0 Å². The van der Waals surface area contributed by atoms with Gasteiger partial charge in [0.1, 0.15) is 5.69 Å². The number of carboxylic acid groups (broad SMARTS) is 1. The van der Waals surface area contributed by atoms with Crippen LogP contribution in [0.1, 0.15) is 16.9 Å². The highest BCUT2D eigenvalue weighted by atomic mass is 16.4. The topological polar surface area (TPSA) is 110 Å². The number of carbonyl (C=O) groups excluding carboxylic acids is 1. The molecular formula is C12H16N4O3. The quantitative estimate of drug-likeness (QED) is 0.627. The van der Waals surface area contributed by atoms with Gasteiger partial charge in [-0.2, -0.15) is 0 Å². The minimum absolute atomic E-state index is 0.256. The molecule has 1 aliphatic carbocycles. The van der Waals surface area contributed by atoms with Crippen LogP contribution in [0.5, 0.6) is 0 Å². The summed E-state index contributed by atoms with van der Waals surface area (Å²) in [6.45, 7) is 1.08. The molecule has 19 heavy (non-hydrogen) atoms.